The summed E-state index contributed by atoms with van der Waals surface area (Å²) in [6.45, 7) is 7.20. The second-order valence-corrected chi connectivity index (χ2v) is 5.60. The van der Waals surface area contributed by atoms with Crippen LogP contribution in [0.2, 0.25) is 0 Å². The minimum atomic E-state index is 0.364. The van der Waals surface area contributed by atoms with Gasteiger partial charge in [0.1, 0.15) is 5.82 Å². The maximum absolute atomic E-state index is 4.69. The molecule has 0 aliphatic carbocycles. The van der Waals surface area contributed by atoms with Crippen LogP contribution >= 0.6 is 22.6 Å². The average Bonchev–Trinajstić information content (AvgIpc) is 2.42. The highest BCUT2D eigenvalue weighted by atomic mass is 127. The third kappa shape index (κ3) is 3.20. The second-order valence-electron chi connectivity index (χ2n) is 4.52. The van der Waals surface area contributed by atoms with Crippen LogP contribution in [-0.4, -0.2) is 21.5 Å². The Morgan fingerprint density at radius 3 is 2.68 bits per heavy atom. The molecular formula is C14H17IN4. The molecule has 0 saturated heterocycles. The smallest absolute Gasteiger partial charge is 0.163 e. The van der Waals surface area contributed by atoms with Gasteiger partial charge >= 0.3 is 0 Å². The van der Waals surface area contributed by atoms with Crippen molar-refractivity contribution in [3.05, 3.63) is 33.8 Å². The summed E-state index contributed by atoms with van der Waals surface area (Å²) >= 11 is 2.31. The lowest BCUT2D eigenvalue weighted by Gasteiger charge is -2.14. The number of aromatic nitrogens is 3. The molecule has 0 aromatic carbocycles. The molecule has 2 aromatic rings. The molecule has 0 radical (unpaired) electrons. The number of halogens is 1. The minimum absolute atomic E-state index is 0.364. The molecule has 0 spiro atoms. The van der Waals surface area contributed by atoms with E-state index in [-0.39, 0.29) is 0 Å². The predicted octanol–water partition coefficient (Wildman–Crippen LogP) is 3.70. The summed E-state index contributed by atoms with van der Waals surface area (Å²) < 4.78 is 1.10. The molecule has 0 atom stereocenters. The van der Waals surface area contributed by atoms with Crippen molar-refractivity contribution in [2.75, 3.05) is 11.9 Å². The van der Waals surface area contributed by atoms with E-state index < -0.39 is 0 Å². The van der Waals surface area contributed by atoms with Crippen LogP contribution in [0.25, 0.3) is 11.4 Å². The van der Waals surface area contributed by atoms with Gasteiger partial charge in [0.05, 0.1) is 9.26 Å². The van der Waals surface area contributed by atoms with Gasteiger partial charge in [-0.3, -0.25) is 4.98 Å². The number of hydrogen-bond acceptors (Lipinski definition) is 4. The highest BCUT2D eigenvalue weighted by Gasteiger charge is 2.15. The van der Waals surface area contributed by atoms with Crippen LogP contribution in [0.5, 0.6) is 0 Å². The standard InChI is InChI=1S/C14H17IN4/c1-4-17-14-11(15)12(9(2)3)18-13(19-14)10-6-5-7-16-8-10/h5-9H,4H2,1-3H3,(H,17,18,19). The van der Waals surface area contributed by atoms with Crippen LogP contribution in [0.3, 0.4) is 0 Å². The summed E-state index contributed by atoms with van der Waals surface area (Å²) in [4.78, 5) is 13.4. The van der Waals surface area contributed by atoms with Crippen molar-refractivity contribution in [2.24, 2.45) is 0 Å². The lowest BCUT2D eigenvalue weighted by molar-refractivity contribution is 0.808. The molecule has 0 aliphatic rings. The summed E-state index contributed by atoms with van der Waals surface area (Å²) in [6.07, 6.45) is 3.55. The third-order valence-electron chi connectivity index (χ3n) is 2.69. The van der Waals surface area contributed by atoms with E-state index in [0.717, 1.165) is 33.0 Å². The Labute approximate surface area is 127 Å². The Balaban J connectivity index is 2.56. The first-order valence-corrected chi connectivity index (χ1v) is 7.43. The molecule has 0 aliphatic heterocycles. The fourth-order valence-corrected chi connectivity index (χ4v) is 2.81. The van der Waals surface area contributed by atoms with Crippen LogP contribution < -0.4 is 5.32 Å². The van der Waals surface area contributed by atoms with E-state index in [2.05, 4.69) is 63.6 Å². The molecule has 0 saturated carbocycles. The van der Waals surface area contributed by atoms with Gasteiger partial charge in [0.15, 0.2) is 5.82 Å². The zero-order chi connectivity index (χ0) is 13.8. The molecule has 5 heteroatoms. The lowest BCUT2D eigenvalue weighted by Crippen LogP contribution is -2.09. The highest BCUT2D eigenvalue weighted by molar-refractivity contribution is 14.1. The van der Waals surface area contributed by atoms with Gasteiger partial charge in [-0.2, -0.15) is 0 Å². The summed E-state index contributed by atoms with van der Waals surface area (Å²) in [5, 5.41) is 3.30. The number of nitrogens with one attached hydrogen (secondary N) is 1. The van der Waals surface area contributed by atoms with Gasteiger partial charge in [-0.1, -0.05) is 13.8 Å². The van der Waals surface area contributed by atoms with Gasteiger partial charge in [-0.25, -0.2) is 9.97 Å². The number of nitrogens with zero attached hydrogens (tertiary/aromatic N) is 3. The number of anilines is 1. The fraction of sp³-hybridized carbons (Fsp3) is 0.357. The molecule has 0 fully saturated rings. The quantitative estimate of drug-likeness (QED) is 0.837. The maximum atomic E-state index is 4.69. The van der Waals surface area contributed by atoms with Gasteiger partial charge in [-0.15, -0.1) is 0 Å². The summed E-state index contributed by atoms with van der Waals surface area (Å²) in [7, 11) is 0. The van der Waals surface area contributed by atoms with E-state index in [1.165, 1.54) is 0 Å². The number of hydrogen-bond donors (Lipinski definition) is 1. The van der Waals surface area contributed by atoms with E-state index in [9.17, 15) is 0 Å². The summed E-state index contributed by atoms with van der Waals surface area (Å²) in [5.41, 5.74) is 2.02. The SMILES string of the molecule is CCNc1nc(-c2cccnc2)nc(C(C)C)c1I. The number of pyridine rings is 1. The van der Waals surface area contributed by atoms with Crippen molar-refractivity contribution in [1.82, 2.24) is 15.0 Å². The van der Waals surface area contributed by atoms with Gasteiger partial charge in [-0.05, 0) is 47.6 Å². The molecule has 19 heavy (non-hydrogen) atoms. The predicted molar refractivity (Wildman–Crippen MR) is 86.2 cm³/mol. The van der Waals surface area contributed by atoms with E-state index in [4.69, 9.17) is 0 Å². The lowest BCUT2D eigenvalue weighted by atomic mass is 10.1. The van der Waals surface area contributed by atoms with Crippen LogP contribution in [0.1, 0.15) is 32.4 Å². The Hall–Kier alpha value is -1.24. The Bertz CT molecular complexity index is 555. The third-order valence-corrected chi connectivity index (χ3v) is 3.75. The van der Waals surface area contributed by atoms with Crippen LogP contribution in [0, 0.1) is 3.57 Å². The van der Waals surface area contributed by atoms with Gasteiger partial charge in [0.2, 0.25) is 0 Å². The molecule has 1 N–H and O–H groups in total. The highest BCUT2D eigenvalue weighted by Crippen LogP contribution is 2.27. The molecule has 2 aromatic heterocycles. The van der Waals surface area contributed by atoms with Crippen LogP contribution in [-0.2, 0) is 0 Å². The molecule has 2 rings (SSSR count). The van der Waals surface area contributed by atoms with Crippen LogP contribution in [0.15, 0.2) is 24.5 Å². The summed E-state index contributed by atoms with van der Waals surface area (Å²) in [5.74, 6) is 2.00. The Morgan fingerprint density at radius 2 is 2.11 bits per heavy atom. The molecule has 4 nitrogen and oxygen atoms in total. The van der Waals surface area contributed by atoms with Gasteiger partial charge in [0, 0.05) is 24.5 Å². The monoisotopic (exact) mass is 368 g/mol. The minimum Gasteiger partial charge on any atom is -0.369 e. The van der Waals surface area contributed by atoms with E-state index in [1.807, 2.05) is 12.1 Å². The zero-order valence-corrected chi connectivity index (χ0v) is 13.5. The topological polar surface area (TPSA) is 50.7 Å². The van der Waals surface area contributed by atoms with Gasteiger partial charge < -0.3 is 5.32 Å². The number of rotatable bonds is 4. The van der Waals surface area contributed by atoms with E-state index >= 15 is 0 Å². The zero-order valence-electron chi connectivity index (χ0n) is 11.3. The van der Waals surface area contributed by atoms with Gasteiger partial charge in [0.25, 0.3) is 0 Å². The molecule has 100 valence electrons. The molecule has 0 bridgehead atoms. The van der Waals surface area contributed by atoms with Crippen molar-refractivity contribution in [3.63, 3.8) is 0 Å². The van der Waals surface area contributed by atoms with Crippen molar-refractivity contribution < 1.29 is 0 Å². The van der Waals surface area contributed by atoms with Crippen molar-refractivity contribution in [1.29, 1.82) is 0 Å². The van der Waals surface area contributed by atoms with Crippen LogP contribution in [0.4, 0.5) is 5.82 Å². The first-order chi connectivity index (χ1) is 9.13. The first kappa shape index (κ1) is 14.2. The largest absolute Gasteiger partial charge is 0.369 e. The Morgan fingerprint density at radius 1 is 1.32 bits per heavy atom. The molecule has 0 unspecified atom stereocenters. The molecule has 2 heterocycles. The van der Waals surface area contributed by atoms with Crippen molar-refractivity contribution >= 4 is 28.4 Å². The average molecular weight is 368 g/mol. The normalized spacial score (nSPS) is 10.8. The van der Waals surface area contributed by atoms with Crippen molar-refractivity contribution in [2.45, 2.75) is 26.7 Å². The van der Waals surface area contributed by atoms with E-state index in [0.29, 0.717) is 5.92 Å². The molecule has 0 amide bonds. The first-order valence-electron chi connectivity index (χ1n) is 6.35. The maximum Gasteiger partial charge on any atom is 0.163 e. The molecular weight excluding hydrogens is 351 g/mol. The Kier molecular flexibility index (Phi) is 4.68. The van der Waals surface area contributed by atoms with E-state index in [1.54, 1.807) is 12.4 Å². The summed E-state index contributed by atoms with van der Waals surface area (Å²) in [6, 6.07) is 3.88. The fourth-order valence-electron chi connectivity index (χ4n) is 1.76. The van der Waals surface area contributed by atoms with Crippen molar-refractivity contribution in [3.8, 4) is 11.4 Å². The second kappa shape index (κ2) is 6.27.